The van der Waals surface area contributed by atoms with Gasteiger partial charge in [0.15, 0.2) is 5.78 Å². The van der Waals surface area contributed by atoms with Gasteiger partial charge in [0.05, 0.1) is 0 Å². The van der Waals surface area contributed by atoms with Gasteiger partial charge in [-0.3, -0.25) is 4.79 Å². The highest BCUT2D eigenvalue weighted by Gasteiger charge is 2.59. The van der Waals surface area contributed by atoms with Gasteiger partial charge < -0.3 is 10.2 Å². The molecule has 0 unspecified atom stereocenters. The van der Waals surface area contributed by atoms with Crippen LogP contribution in [0.1, 0.15) is 44.7 Å². The zero-order valence-corrected chi connectivity index (χ0v) is 29.0. The number of para-hydroxylation sites is 1. The maximum Gasteiger partial charge on any atom is 0.176 e. The van der Waals surface area contributed by atoms with Crippen LogP contribution in [-0.4, -0.2) is 20.9 Å². The number of hydrogen-bond acceptors (Lipinski definition) is 3. The Hall–Kier alpha value is -4.29. The molecule has 236 valence electrons. The summed E-state index contributed by atoms with van der Waals surface area (Å²) in [5, 5.41) is 29.0. The van der Waals surface area contributed by atoms with Crippen LogP contribution in [0.15, 0.2) is 157 Å². The minimum atomic E-state index is -1.54. The zero-order valence-electron chi connectivity index (χ0n) is 27.2. The van der Waals surface area contributed by atoms with Crippen LogP contribution in [0.25, 0.3) is 5.57 Å². The van der Waals surface area contributed by atoms with Gasteiger partial charge in [0, 0.05) is 16.7 Å². The summed E-state index contributed by atoms with van der Waals surface area (Å²) < 4.78 is 0. The van der Waals surface area contributed by atoms with Crippen LogP contribution in [-0.2, 0) is 4.79 Å². The molecule has 0 amide bonds. The first kappa shape index (κ1) is 32.6. The summed E-state index contributed by atoms with van der Waals surface area (Å²) in [5.41, 5.74) is 2.37. The molecule has 0 fully saturated rings. The Kier molecular flexibility index (Phi) is 9.60. The fourth-order valence-electron chi connectivity index (χ4n) is 6.63. The van der Waals surface area contributed by atoms with Crippen molar-refractivity contribution in [3.63, 3.8) is 0 Å². The van der Waals surface area contributed by atoms with Crippen LogP contribution in [0.2, 0.25) is 0 Å². The maximum absolute atomic E-state index is 15.8. The van der Waals surface area contributed by atoms with Gasteiger partial charge in [0.2, 0.25) is 0 Å². The summed E-state index contributed by atoms with van der Waals surface area (Å²) in [6.07, 6.45) is 1.70. The second-order valence-electron chi connectivity index (χ2n) is 12.4. The molecular formula is C42H40O3P2. The Morgan fingerprint density at radius 2 is 0.936 bits per heavy atom. The second kappa shape index (κ2) is 13.8. The highest BCUT2D eigenvalue weighted by atomic mass is 31.2. The fraction of sp³-hybridized carbons (Fsp3) is 0.167. The van der Waals surface area contributed by atoms with Gasteiger partial charge in [0.1, 0.15) is 16.4 Å². The molecule has 0 heterocycles. The van der Waals surface area contributed by atoms with E-state index in [0.717, 1.165) is 26.8 Å². The topological polar surface area (TPSA) is 57.5 Å². The van der Waals surface area contributed by atoms with Gasteiger partial charge in [-0.15, -0.1) is 0 Å². The lowest BCUT2D eigenvalue weighted by Gasteiger charge is -2.49. The molecule has 5 aromatic rings. The van der Waals surface area contributed by atoms with Crippen molar-refractivity contribution >= 4 is 48.4 Å². The van der Waals surface area contributed by atoms with E-state index in [1.54, 1.807) is 6.08 Å². The molecule has 0 radical (unpaired) electrons. The Morgan fingerprint density at radius 3 is 1.30 bits per heavy atom. The van der Waals surface area contributed by atoms with Gasteiger partial charge in [0.25, 0.3) is 0 Å². The van der Waals surface area contributed by atoms with Crippen LogP contribution < -0.4 is 21.2 Å². The minimum Gasteiger partial charge on any atom is -0.507 e. The predicted octanol–water partition coefficient (Wildman–Crippen LogP) is 8.91. The van der Waals surface area contributed by atoms with Gasteiger partial charge in [-0.05, 0) is 60.5 Å². The Labute approximate surface area is 280 Å². The first-order chi connectivity index (χ1) is 22.8. The summed E-state index contributed by atoms with van der Waals surface area (Å²) in [7, 11) is -3.08. The van der Waals surface area contributed by atoms with Crippen molar-refractivity contribution in [2.24, 2.45) is 5.92 Å². The minimum absolute atomic E-state index is 0.0287. The van der Waals surface area contributed by atoms with E-state index in [2.05, 4.69) is 48.5 Å². The molecule has 5 aromatic carbocycles. The van der Waals surface area contributed by atoms with Crippen LogP contribution in [0, 0.1) is 5.92 Å². The lowest BCUT2D eigenvalue weighted by molar-refractivity contribution is -0.114. The second-order valence-corrected chi connectivity index (χ2v) is 17.5. The Bertz CT molecular complexity index is 1750. The molecule has 47 heavy (non-hydrogen) atoms. The maximum atomic E-state index is 15.8. The molecule has 0 saturated heterocycles. The number of aliphatic hydroxyl groups excluding tert-OH is 1. The monoisotopic (exact) mass is 654 g/mol. The standard InChI is InChI=1S/C42H40O3P2/c1-29(2)35-26-17-27-36(40(35)44)39-41(45)37(30(3)4)28-38(43)42(39,46(31-18-9-5-10-19-31)32-20-11-6-12-21-32)47(33-22-13-7-14-23-33)34-24-15-8-16-25-34/h5-30,44-45H,1-4H3. The van der Waals surface area contributed by atoms with Crippen molar-refractivity contribution in [3.05, 3.63) is 168 Å². The largest absolute Gasteiger partial charge is 0.507 e. The summed E-state index contributed by atoms with van der Waals surface area (Å²) in [4.78, 5) is 14.5. The third-order valence-corrected chi connectivity index (χ3v) is 15.4. The highest BCUT2D eigenvalue weighted by molar-refractivity contribution is 7.93. The molecule has 0 bridgehead atoms. The average molecular weight is 655 g/mol. The number of aliphatic hydroxyl groups is 1. The fourth-order valence-corrected chi connectivity index (χ4v) is 14.3. The van der Waals surface area contributed by atoms with E-state index in [1.165, 1.54) is 0 Å². The molecule has 0 aliphatic heterocycles. The van der Waals surface area contributed by atoms with Gasteiger partial charge >= 0.3 is 0 Å². The summed E-state index contributed by atoms with van der Waals surface area (Å²) >= 11 is 0. The summed E-state index contributed by atoms with van der Waals surface area (Å²) in [5.74, 6) is 0.0386. The Morgan fingerprint density at radius 1 is 0.532 bits per heavy atom. The van der Waals surface area contributed by atoms with Gasteiger partial charge in [-0.1, -0.05) is 167 Å². The number of rotatable bonds is 9. The molecule has 0 atom stereocenters. The van der Waals surface area contributed by atoms with Crippen LogP contribution in [0.3, 0.4) is 0 Å². The molecule has 0 saturated carbocycles. The molecule has 0 spiro atoms. The van der Waals surface area contributed by atoms with Crippen LogP contribution in [0.5, 0.6) is 5.75 Å². The van der Waals surface area contributed by atoms with E-state index in [4.69, 9.17) is 0 Å². The van der Waals surface area contributed by atoms with E-state index >= 15 is 4.79 Å². The van der Waals surface area contributed by atoms with Crippen molar-refractivity contribution in [1.82, 2.24) is 0 Å². The number of carbonyl (C=O) groups excluding carboxylic acids is 1. The van der Waals surface area contributed by atoms with Crippen molar-refractivity contribution in [2.75, 3.05) is 0 Å². The van der Waals surface area contributed by atoms with E-state index in [1.807, 2.05) is 119 Å². The predicted molar refractivity (Wildman–Crippen MR) is 201 cm³/mol. The van der Waals surface area contributed by atoms with Crippen LogP contribution >= 0.6 is 15.8 Å². The SMILES string of the molecule is CC(C)C1=CC(=O)C(P(c2ccccc2)c2ccccc2)(P(c2ccccc2)c2ccccc2)C(c2cccc(C(C)C)c2O)=C1O. The summed E-state index contributed by atoms with van der Waals surface area (Å²) in [6.45, 7) is 8.10. The van der Waals surface area contributed by atoms with Gasteiger partial charge in [-0.2, -0.15) is 0 Å². The zero-order chi connectivity index (χ0) is 33.1. The molecule has 3 nitrogen and oxygen atoms in total. The van der Waals surface area contributed by atoms with Gasteiger partial charge in [-0.25, -0.2) is 0 Å². The lowest BCUT2D eigenvalue weighted by Crippen LogP contribution is -2.48. The number of carbonyl (C=O) groups is 1. The number of benzene rings is 5. The van der Waals surface area contributed by atoms with Crippen molar-refractivity contribution < 1.29 is 15.0 Å². The third-order valence-electron chi connectivity index (χ3n) is 8.77. The quantitative estimate of drug-likeness (QED) is 0.156. The van der Waals surface area contributed by atoms with Crippen molar-refractivity contribution in [2.45, 2.75) is 38.5 Å². The number of phenolic OH excluding ortho intramolecular Hbond substituents is 1. The molecule has 5 heteroatoms. The third kappa shape index (κ3) is 5.89. The molecule has 2 N–H and O–H groups in total. The first-order valence-electron chi connectivity index (χ1n) is 16.1. The number of ketones is 1. The summed E-state index contributed by atoms with van der Waals surface area (Å²) in [6, 6.07) is 46.8. The average Bonchev–Trinajstić information content (AvgIpc) is 3.09. The van der Waals surface area contributed by atoms with E-state index in [0.29, 0.717) is 16.7 Å². The van der Waals surface area contributed by atoms with E-state index < -0.39 is 20.7 Å². The molecular weight excluding hydrogens is 614 g/mol. The van der Waals surface area contributed by atoms with Crippen molar-refractivity contribution in [3.8, 4) is 5.75 Å². The number of aromatic hydroxyl groups is 1. The first-order valence-corrected chi connectivity index (χ1v) is 18.8. The molecule has 6 rings (SSSR count). The smallest absolute Gasteiger partial charge is 0.176 e. The highest BCUT2D eigenvalue weighted by Crippen LogP contribution is 2.73. The molecule has 1 aliphatic carbocycles. The Balaban J connectivity index is 1.87. The molecule has 1 aliphatic rings. The van der Waals surface area contributed by atoms with Crippen LogP contribution in [0.4, 0.5) is 0 Å². The van der Waals surface area contributed by atoms with Crippen molar-refractivity contribution in [1.29, 1.82) is 0 Å². The number of phenols is 1. The van der Waals surface area contributed by atoms with E-state index in [9.17, 15) is 10.2 Å². The van der Waals surface area contributed by atoms with E-state index in [-0.39, 0.29) is 29.1 Å². The number of allylic oxidation sites excluding steroid dienone is 3. The molecule has 0 aromatic heterocycles. The number of hydrogen-bond donors (Lipinski definition) is 2. The normalized spacial score (nSPS) is 14.7. The lowest BCUT2D eigenvalue weighted by atomic mass is 9.84.